The van der Waals surface area contributed by atoms with Crippen molar-refractivity contribution in [1.29, 1.82) is 0 Å². The van der Waals surface area contributed by atoms with E-state index in [2.05, 4.69) is 20.9 Å². The van der Waals surface area contributed by atoms with E-state index in [4.69, 9.17) is 9.47 Å². The number of nitrogens with one attached hydrogen (secondary N) is 1. The Bertz CT molecular complexity index is 856. The molecule has 1 aromatic heterocycles. The minimum Gasteiger partial charge on any atom is -0.494 e. The molecule has 1 N–H and O–H groups in total. The molecule has 0 saturated heterocycles. The van der Waals surface area contributed by atoms with Crippen molar-refractivity contribution >= 4 is 33.5 Å². The highest BCUT2D eigenvalue weighted by Crippen LogP contribution is 2.19. The molecule has 27 heavy (non-hydrogen) atoms. The Morgan fingerprint density at radius 1 is 1.19 bits per heavy atom. The van der Waals surface area contributed by atoms with Gasteiger partial charge in [0, 0.05) is 22.2 Å². The van der Waals surface area contributed by atoms with Crippen LogP contribution in [0.5, 0.6) is 5.75 Å². The molecule has 0 amide bonds. The van der Waals surface area contributed by atoms with Crippen molar-refractivity contribution in [1.82, 2.24) is 4.98 Å². The van der Waals surface area contributed by atoms with Crippen molar-refractivity contribution in [2.45, 2.75) is 33.6 Å². The van der Waals surface area contributed by atoms with E-state index in [1.54, 1.807) is 13.8 Å². The molecule has 6 nitrogen and oxygen atoms in total. The number of aromatic nitrogens is 1. The summed E-state index contributed by atoms with van der Waals surface area (Å²) in [5.74, 6) is -0.217. The van der Waals surface area contributed by atoms with E-state index in [-0.39, 0.29) is 24.6 Å². The molecule has 0 radical (unpaired) electrons. The quantitative estimate of drug-likeness (QED) is 0.362. The first-order valence-corrected chi connectivity index (χ1v) is 9.36. The van der Waals surface area contributed by atoms with Crippen LogP contribution in [-0.2, 0) is 9.53 Å². The summed E-state index contributed by atoms with van der Waals surface area (Å²) in [5, 5.41) is 0. The van der Waals surface area contributed by atoms with E-state index in [9.17, 15) is 14.4 Å². The van der Waals surface area contributed by atoms with Gasteiger partial charge < -0.3 is 14.5 Å². The first-order chi connectivity index (χ1) is 12.8. The summed E-state index contributed by atoms with van der Waals surface area (Å²) >= 11 is 3.36. The highest BCUT2D eigenvalue weighted by molar-refractivity contribution is 9.10. The van der Waals surface area contributed by atoms with E-state index in [0.717, 1.165) is 4.47 Å². The van der Waals surface area contributed by atoms with Crippen molar-refractivity contribution in [3.05, 3.63) is 51.3 Å². The SMILES string of the molecule is CC(=O)c1c(C)[nH]c(C(=O)COC(=O)CCCOc2cccc(Br)c2)c1C. The standard InChI is InChI=1S/C20H22BrNO5/c1-12-19(14(3)23)13(2)22-20(12)17(24)11-27-18(25)8-5-9-26-16-7-4-6-15(21)10-16/h4,6-7,10,22H,5,8-9,11H2,1-3H3. The molecule has 0 spiro atoms. The van der Waals surface area contributed by atoms with Crippen molar-refractivity contribution < 1.29 is 23.9 Å². The molecule has 0 aliphatic rings. The number of halogens is 1. The first kappa shape index (κ1) is 20.9. The fraction of sp³-hybridized carbons (Fsp3) is 0.350. The van der Waals surface area contributed by atoms with Gasteiger partial charge in [-0.3, -0.25) is 14.4 Å². The topological polar surface area (TPSA) is 85.5 Å². The van der Waals surface area contributed by atoms with Gasteiger partial charge in [-0.1, -0.05) is 22.0 Å². The molecule has 0 fully saturated rings. The highest BCUT2D eigenvalue weighted by Gasteiger charge is 2.20. The summed E-state index contributed by atoms with van der Waals surface area (Å²) in [6.45, 7) is 4.90. The molecule has 0 aliphatic heterocycles. The number of hydrogen-bond donors (Lipinski definition) is 1. The van der Waals surface area contributed by atoms with Crippen LogP contribution in [0.25, 0.3) is 0 Å². The second-order valence-corrected chi connectivity index (χ2v) is 7.09. The average Bonchev–Trinajstić information content (AvgIpc) is 2.91. The second kappa shape index (κ2) is 9.50. The van der Waals surface area contributed by atoms with Gasteiger partial charge in [0.25, 0.3) is 0 Å². The van der Waals surface area contributed by atoms with Crippen LogP contribution in [0.2, 0.25) is 0 Å². The number of carbonyl (C=O) groups is 3. The van der Waals surface area contributed by atoms with Gasteiger partial charge >= 0.3 is 5.97 Å². The third-order valence-electron chi connectivity index (χ3n) is 4.02. The molecule has 7 heteroatoms. The zero-order chi connectivity index (χ0) is 20.0. The molecule has 2 rings (SSSR count). The molecule has 2 aromatic rings. The molecule has 1 heterocycles. The molecule has 1 aromatic carbocycles. The lowest BCUT2D eigenvalue weighted by Gasteiger charge is -2.07. The fourth-order valence-corrected chi connectivity index (χ4v) is 3.19. The van der Waals surface area contributed by atoms with Crippen LogP contribution in [0.3, 0.4) is 0 Å². The smallest absolute Gasteiger partial charge is 0.306 e. The number of hydrogen-bond acceptors (Lipinski definition) is 5. The Morgan fingerprint density at radius 2 is 1.93 bits per heavy atom. The van der Waals surface area contributed by atoms with Crippen molar-refractivity contribution in [2.24, 2.45) is 0 Å². The number of ether oxygens (including phenoxy) is 2. The van der Waals surface area contributed by atoms with Crippen molar-refractivity contribution in [3.63, 3.8) is 0 Å². The van der Waals surface area contributed by atoms with Crippen LogP contribution in [0.4, 0.5) is 0 Å². The van der Waals surface area contributed by atoms with E-state index in [1.807, 2.05) is 24.3 Å². The lowest BCUT2D eigenvalue weighted by atomic mass is 10.1. The maximum Gasteiger partial charge on any atom is 0.306 e. The maximum absolute atomic E-state index is 12.3. The lowest BCUT2D eigenvalue weighted by molar-refractivity contribution is -0.142. The number of esters is 1. The summed E-state index contributed by atoms with van der Waals surface area (Å²) in [6, 6.07) is 7.43. The largest absolute Gasteiger partial charge is 0.494 e. The van der Waals surface area contributed by atoms with Crippen LogP contribution in [0.1, 0.15) is 51.9 Å². The number of Topliss-reactive ketones (excluding diaryl/α,β-unsaturated/α-hetero) is 2. The zero-order valence-electron chi connectivity index (χ0n) is 15.6. The van der Waals surface area contributed by atoms with Crippen LogP contribution < -0.4 is 4.74 Å². The molecule has 0 atom stereocenters. The third kappa shape index (κ3) is 5.79. The summed E-state index contributed by atoms with van der Waals surface area (Å²) < 4.78 is 11.5. The number of benzene rings is 1. The van der Waals surface area contributed by atoms with Gasteiger partial charge in [-0.05, 0) is 51.0 Å². The molecule has 0 bridgehead atoms. The Balaban J connectivity index is 1.76. The van der Waals surface area contributed by atoms with Gasteiger partial charge in [0.15, 0.2) is 12.4 Å². The lowest BCUT2D eigenvalue weighted by Crippen LogP contribution is -2.16. The van der Waals surface area contributed by atoms with Gasteiger partial charge in [0.2, 0.25) is 5.78 Å². The molecule has 0 unspecified atom stereocenters. The zero-order valence-corrected chi connectivity index (χ0v) is 17.1. The van der Waals surface area contributed by atoms with Gasteiger partial charge in [-0.25, -0.2) is 0 Å². The maximum atomic E-state index is 12.3. The van der Waals surface area contributed by atoms with Crippen LogP contribution >= 0.6 is 15.9 Å². The highest BCUT2D eigenvalue weighted by atomic mass is 79.9. The van der Waals surface area contributed by atoms with Gasteiger partial charge in [-0.2, -0.15) is 0 Å². The Morgan fingerprint density at radius 3 is 2.56 bits per heavy atom. The number of aryl methyl sites for hydroxylation is 1. The Kier molecular flexibility index (Phi) is 7.36. The summed E-state index contributed by atoms with van der Waals surface area (Å²) in [5.41, 5.74) is 2.04. The normalized spacial score (nSPS) is 10.5. The number of aromatic amines is 1. The van der Waals surface area contributed by atoms with E-state index >= 15 is 0 Å². The predicted molar refractivity (Wildman–Crippen MR) is 104 cm³/mol. The monoisotopic (exact) mass is 435 g/mol. The fourth-order valence-electron chi connectivity index (χ4n) is 2.81. The van der Waals surface area contributed by atoms with Gasteiger partial charge in [-0.15, -0.1) is 0 Å². The minimum atomic E-state index is -0.464. The molecular weight excluding hydrogens is 414 g/mol. The summed E-state index contributed by atoms with van der Waals surface area (Å²) in [4.78, 5) is 38.6. The van der Waals surface area contributed by atoms with E-state index in [1.165, 1.54) is 6.92 Å². The Hall–Kier alpha value is -2.41. The molecule has 0 saturated carbocycles. The predicted octanol–water partition coefficient (Wildman–Crippen LogP) is 4.18. The molecular formula is C20H22BrNO5. The molecule has 144 valence electrons. The number of rotatable bonds is 9. The Labute approximate surface area is 166 Å². The second-order valence-electron chi connectivity index (χ2n) is 6.17. The van der Waals surface area contributed by atoms with Gasteiger partial charge in [0.05, 0.1) is 12.3 Å². The summed E-state index contributed by atoms with van der Waals surface area (Å²) in [7, 11) is 0. The van der Waals surface area contributed by atoms with Crippen LogP contribution in [0.15, 0.2) is 28.7 Å². The molecule has 0 aliphatic carbocycles. The summed E-state index contributed by atoms with van der Waals surface area (Å²) in [6.07, 6.45) is 0.636. The minimum absolute atomic E-state index is 0.109. The third-order valence-corrected chi connectivity index (χ3v) is 4.52. The van der Waals surface area contributed by atoms with E-state index < -0.39 is 5.97 Å². The first-order valence-electron chi connectivity index (χ1n) is 8.57. The van der Waals surface area contributed by atoms with Crippen LogP contribution in [-0.4, -0.2) is 35.7 Å². The number of carbonyl (C=O) groups excluding carboxylic acids is 3. The average molecular weight is 436 g/mol. The van der Waals surface area contributed by atoms with E-state index in [0.29, 0.717) is 41.3 Å². The van der Waals surface area contributed by atoms with Crippen LogP contribution in [0, 0.1) is 13.8 Å². The van der Waals surface area contributed by atoms with Crippen molar-refractivity contribution in [3.8, 4) is 5.75 Å². The van der Waals surface area contributed by atoms with Crippen molar-refractivity contribution in [2.75, 3.05) is 13.2 Å². The number of H-pyrrole nitrogens is 1. The van der Waals surface area contributed by atoms with Gasteiger partial charge in [0.1, 0.15) is 5.75 Å². The number of ketones is 2.